The Hall–Kier alpha value is -1.42. The number of piperidine rings is 1. The van der Waals surface area contributed by atoms with E-state index in [9.17, 15) is 4.79 Å². The number of aromatic nitrogens is 1. The molecule has 4 heteroatoms. The SMILES string of the molecule is O=C(c1ccnc(CCO)c1)N1CCCCC1. The first-order valence-electron chi connectivity index (χ1n) is 6.16. The summed E-state index contributed by atoms with van der Waals surface area (Å²) in [6.45, 7) is 1.78. The van der Waals surface area contributed by atoms with Gasteiger partial charge in [0.05, 0.1) is 0 Å². The minimum Gasteiger partial charge on any atom is -0.396 e. The van der Waals surface area contributed by atoms with Crippen LogP contribution in [0, 0.1) is 0 Å². The molecule has 0 saturated carbocycles. The van der Waals surface area contributed by atoms with Gasteiger partial charge >= 0.3 is 0 Å². The molecule has 1 N–H and O–H groups in total. The van der Waals surface area contributed by atoms with E-state index in [0.717, 1.165) is 31.6 Å². The molecular formula is C13H18N2O2. The standard InChI is InChI=1S/C13H18N2O2/c16-9-5-12-10-11(4-6-14-12)13(17)15-7-2-1-3-8-15/h4,6,10,16H,1-3,5,7-9H2. The van der Waals surface area contributed by atoms with Crippen LogP contribution >= 0.6 is 0 Å². The van der Waals surface area contributed by atoms with Gasteiger partial charge in [0.15, 0.2) is 0 Å². The Morgan fingerprint density at radius 1 is 1.35 bits per heavy atom. The third-order valence-electron chi connectivity index (χ3n) is 3.07. The minimum atomic E-state index is 0.0638. The molecule has 0 aromatic carbocycles. The number of carbonyl (C=O) groups excluding carboxylic acids is 1. The molecule has 1 fully saturated rings. The second kappa shape index (κ2) is 5.77. The number of rotatable bonds is 3. The fraction of sp³-hybridized carbons (Fsp3) is 0.538. The molecule has 1 aromatic heterocycles. The van der Waals surface area contributed by atoms with Gasteiger partial charge in [0.25, 0.3) is 5.91 Å². The van der Waals surface area contributed by atoms with E-state index in [1.807, 2.05) is 4.90 Å². The first-order valence-corrected chi connectivity index (χ1v) is 6.16. The fourth-order valence-electron chi connectivity index (χ4n) is 2.14. The molecule has 0 unspecified atom stereocenters. The Kier molecular flexibility index (Phi) is 4.09. The van der Waals surface area contributed by atoms with Crippen molar-refractivity contribution in [2.45, 2.75) is 25.7 Å². The summed E-state index contributed by atoms with van der Waals surface area (Å²) in [6, 6.07) is 3.53. The second-order valence-corrected chi connectivity index (χ2v) is 4.36. The summed E-state index contributed by atoms with van der Waals surface area (Å²) in [5.41, 5.74) is 1.46. The van der Waals surface area contributed by atoms with Gasteiger partial charge in [-0.2, -0.15) is 0 Å². The molecule has 1 aromatic rings. The van der Waals surface area contributed by atoms with E-state index in [4.69, 9.17) is 5.11 Å². The van der Waals surface area contributed by atoms with Crippen molar-refractivity contribution in [1.82, 2.24) is 9.88 Å². The molecule has 0 aliphatic carbocycles. The van der Waals surface area contributed by atoms with Crippen LogP contribution in [0.1, 0.15) is 35.3 Å². The highest BCUT2D eigenvalue weighted by Crippen LogP contribution is 2.13. The van der Waals surface area contributed by atoms with Crippen LogP contribution in [0.2, 0.25) is 0 Å². The normalized spacial score (nSPS) is 15.9. The number of aliphatic hydroxyl groups is 1. The van der Waals surface area contributed by atoms with Crippen molar-refractivity contribution in [2.75, 3.05) is 19.7 Å². The van der Waals surface area contributed by atoms with Crippen molar-refractivity contribution in [3.05, 3.63) is 29.6 Å². The molecule has 4 nitrogen and oxygen atoms in total. The van der Waals surface area contributed by atoms with Gasteiger partial charge in [0.1, 0.15) is 0 Å². The van der Waals surface area contributed by atoms with E-state index < -0.39 is 0 Å². The van der Waals surface area contributed by atoms with Gasteiger partial charge in [-0.15, -0.1) is 0 Å². The quantitative estimate of drug-likeness (QED) is 0.856. The van der Waals surface area contributed by atoms with E-state index in [-0.39, 0.29) is 12.5 Å². The van der Waals surface area contributed by atoms with Gasteiger partial charge in [0, 0.05) is 43.6 Å². The number of amides is 1. The Balaban J connectivity index is 2.09. The third-order valence-corrected chi connectivity index (χ3v) is 3.07. The lowest BCUT2D eigenvalue weighted by Gasteiger charge is -2.26. The van der Waals surface area contributed by atoms with E-state index in [0.29, 0.717) is 12.0 Å². The lowest BCUT2D eigenvalue weighted by molar-refractivity contribution is 0.0724. The Bertz CT molecular complexity index is 387. The van der Waals surface area contributed by atoms with E-state index >= 15 is 0 Å². The van der Waals surface area contributed by atoms with Gasteiger partial charge < -0.3 is 10.0 Å². The molecule has 1 aliphatic heterocycles. The smallest absolute Gasteiger partial charge is 0.253 e. The molecule has 17 heavy (non-hydrogen) atoms. The van der Waals surface area contributed by atoms with Crippen LogP contribution in [-0.4, -0.2) is 40.6 Å². The predicted molar refractivity (Wildman–Crippen MR) is 64.8 cm³/mol. The maximum atomic E-state index is 12.2. The van der Waals surface area contributed by atoms with Gasteiger partial charge in [-0.1, -0.05) is 0 Å². The number of nitrogens with zero attached hydrogens (tertiary/aromatic N) is 2. The minimum absolute atomic E-state index is 0.0638. The van der Waals surface area contributed by atoms with Crippen molar-refractivity contribution in [3.63, 3.8) is 0 Å². The molecule has 0 bridgehead atoms. The summed E-state index contributed by atoms with van der Waals surface area (Å²) in [5.74, 6) is 0.0892. The molecule has 1 amide bonds. The van der Waals surface area contributed by atoms with Crippen molar-refractivity contribution in [2.24, 2.45) is 0 Å². The summed E-state index contributed by atoms with van der Waals surface area (Å²) in [6.07, 6.45) is 5.56. The second-order valence-electron chi connectivity index (χ2n) is 4.36. The first-order chi connectivity index (χ1) is 8.31. The highest BCUT2D eigenvalue weighted by molar-refractivity contribution is 5.94. The average molecular weight is 234 g/mol. The molecular weight excluding hydrogens is 216 g/mol. The lowest BCUT2D eigenvalue weighted by Crippen LogP contribution is -2.35. The predicted octanol–water partition coefficient (Wildman–Crippen LogP) is 1.24. The number of likely N-dealkylation sites (tertiary alicyclic amines) is 1. The fourth-order valence-corrected chi connectivity index (χ4v) is 2.14. The molecule has 0 radical (unpaired) electrons. The molecule has 2 heterocycles. The lowest BCUT2D eigenvalue weighted by atomic mass is 10.1. The van der Waals surface area contributed by atoms with Crippen LogP contribution in [0.4, 0.5) is 0 Å². The van der Waals surface area contributed by atoms with Gasteiger partial charge in [-0.05, 0) is 31.4 Å². The molecule has 1 aliphatic rings. The summed E-state index contributed by atoms with van der Waals surface area (Å²) in [5, 5.41) is 8.86. The third kappa shape index (κ3) is 3.03. The van der Waals surface area contributed by atoms with Crippen molar-refractivity contribution < 1.29 is 9.90 Å². The monoisotopic (exact) mass is 234 g/mol. The van der Waals surface area contributed by atoms with Crippen molar-refractivity contribution in [3.8, 4) is 0 Å². The maximum absolute atomic E-state index is 12.2. The Morgan fingerprint density at radius 3 is 2.82 bits per heavy atom. The number of pyridine rings is 1. The van der Waals surface area contributed by atoms with Crippen LogP contribution in [0.5, 0.6) is 0 Å². The van der Waals surface area contributed by atoms with Gasteiger partial charge in [-0.3, -0.25) is 9.78 Å². The van der Waals surface area contributed by atoms with Crippen LogP contribution in [0.3, 0.4) is 0 Å². The van der Waals surface area contributed by atoms with Crippen molar-refractivity contribution in [1.29, 1.82) is 0 Å². The molecule has 0 spiro atoms. The summed E-state index contributed by atoms with van der Waals surface area (Å²) in [7, 11) is 0. The maximum Gasteiger partial charge on any atom is 0.253 e. The van der Waals surface area contributed by atoms with Gasteiger partial charge in [0.2, 0.25) is 0 Å². The molecule has 0 atom stereocenters. The van der Waals surface area contributed by atoms with E-state index in [1.54, 1.807) is 18.3 Å². The Labute approximate surface area is 101 Å². The zero-order valence-electron chi connectivity index (χ0n) is 9.93. The molecule has 1 saturated heterocycles. The average Bonchev–Trinajstić information content (AvgIpc) is 2.40. The Morgan fingerprint density at radius 2 is 2.12 bits per heavy atom. The summed E-state index contributed by atoms with van der Waals surface area (Å²) >= 11 is 0. The number of hydrogen-bond donors (Lipinski definition) is 1. The van der Waals surface area contributed by atoms with Gasteiger partial charge in [-0.25, -0.2) is 0 Å². The van der Waals surface area contributed by atoms with E-state index in [1.165, 1.54) is 6.42 Å². The highest BCUT2D eigenvalue weighted by atomic mass is 16.3. The zero-order valence-corrected chi connectivity index (χ0v) is 9.93. The summed E-state index contributed by atoms with van der Waals surface area (Å²) in [4.78, 5) is 18.2. The zero-order chi connectivity index (χ0) is 12.1. The van der Waals surface area contributed by atoms with E-state index in [2.05, 4.69) is 4.98 Å². The molecule has 2 rings (SSSR count). The van der Waals surface area contributed by atoms with Crippen LogP contribution < -0.4 is 0 Å². The highest BCUT2D eigenvalue weighted by Gasteiger charge is 2.18. The largest absolute Gasteiger partial charge is 0.396 e. The topological polar surface area (TPSA) is 53.4 Å². The summed E-state index contributed by atoms with van der Waals surface area (Å²) < 4.78 is 0. The van der Waals surface area contributed by atoms with Crippen LogP contribution in [-0.2, 0) is 6.42 Å². The van der Waals surface area contributed by atoms with Crippen molar-refractivity contribution >= 4 is 5.91 Å². The number of carbonyl (C=O) groups is 1. The van der Waals surface area contributed by atoms with Crippen LogP contribution in [0.15, 0.2) is 18.3 Å². The molecule has 92 valence electrons. The van der Waals surface area contributed by atoms with Crippen LogP contribution in [0.25, 0.3) is 0 Å². The number of aliphatic hydroxyl groups excluding tert-OH is 1. The number of hydrogen-bond acceptors (Lipinski definition) is 3. The first kappa shape index (κ1) is 12.0.